The summed E-state index contributed by atoms with van der Waals surface area (Å²) < 4.78 is 6.75. The third-order valence-corrected chi connectivity index (χ3v) is 3.60. The van der Waals surface area contributed by atoms with Crippen LogP contribution in [0.4, 0.5) is 0 Å². The molecule has 3 aromatic rings. The summed E-state index contributed by atoms with van der Waals surface area (Å²) in [5.74, 6) is -0.349. The average Bonchev–Trinajstić information content (AvgIpc) is 2.94. The minimum absolute atomic E-state index is 0.349. The molecule has 0 saturated heterocycles. The summed E-state index contributed by atoms with van der Waals surface area (Å²) in [5.41, 5.74) is 3.97. The van der Waals surface area contributed by atoms with E-state index in [-0.39, 0.29) is 5.97 Å². The highest BCUT2D eigenvalue weighted by molar-refractivity contribution is 5.90. The zero-order chi connectivity index (χ0) is 16.2. The van der Waals surface area contributed by atoms with Gasteiger partial charge >= 0.3 is 5.97 Å². The van der Waals surface area contributed by atoms with Crippen LogP contribution in [0.15, 0.2) is 48.9 Å². The summed E-state index contributed by atoms with van der Waals surface area (Å²) in [4.78, 5) is 15.7. The normalized spacial score (nSPS) is 11.2. The van der Waals surface area contributed by atoms with Crippen molar-refractivity contribution in [3.05, 3.63) is 54.5 Å². The van der Waals surface area contributed by atoms with Crippen LogP contribution in [0.5, 0.6) is 0 Å². The maximum absolute atomic E-state index is 11.5. The van der Waals surface area contributed by atoms with E-state index in [2.05, 4.69) is 16.1 Å². The lowest BCUT2D eigenvalue weighted by Crippen LogP contribution is -1.98. The zero-order valence-corrected chi connectivity index (χ0v) is 13.1. The van der Waals surface area contributed by atoms with E-state index in [9.17, 15) is 4.79 Å². The first-order valence-corrected chi connectivity index (χ1v) is 7.40. The van der Waals surface area contributed by atoms with E-state index in [0.717, 1.165) is 27.6 Å². The Kier molecular flexibility index (Phi) is 4.19. The zero-order valence-electron chi connectivity index (χ0n) is 13.1. The number of benzene rings is 1. The van der Waals surface area contributed by atoms with E-state index in [1.165, 1.54) is 6.08 Å². The molecule has 0 aliphatic carbocycles. The quantitative estimate of drug-likeness (QED) is 0.548. The highest BCUT2D eigenvalue weighted by Gasteiger charge is 2.07. The molecule has 0 unspecified atom stereocenters. The van der Waals surface area contributed by atoms with Crippen molar-refractivity contribution in [1.29, 1.82) is 0 Å². The lowest BCUT2D eigenvalue weighted by Gasteiger charge is -2.06. The van der Waals surface area contributed by atoms with Gasteiger partial charge in [-0.25, -0.2) is 4.79 Å². The molecule has 2 heterocycles. The van der Waals surface area contributed by atoms with Gasteiger partial charge in [0, 0.05) is 36.5 Å². The minimum Gasteiger partial charge on any atom is -0.463 e. The molecule has 0 saturated carbocycles. The number of hydrogen-bond acceptors (Lipinski definition) is 4. The van der Waals surface area contributed by atoms with E-state index in [0.29, 0.717) is 6.61 Å². The topological polar surface area (TPSA) is 57.0 Å². The molecule has 5 heteroatoms. The average molecular weight is 307 g/mol. The fraction of sp³-hybridized carbons (Fsp3) is 0.167. The third kappa shape index (κ3) is 3.13. The molecule has 0 N–H and O–H groups in total. The van der Waals surface area contributed by atoms with Crippen LogP contribution in [0.3, 0.4) is 0 Å². The van der Waals surface area contributed by atoms with Crippen LogP contribution in [0, 0.1) is 0 Å². The highest BCUT2D eigenvalue weighted by atomic mass is 16.5. The molecule has 116 valence electrons. The Hall–Kier alpha value is -2.95. The number of aromatic nitrogens is 3. The van der Waals surface area contributed by atoms with Crippen molar-refractivity contribution in [3.63, 3.8) is 0 Å². The van der Waals surface area contributed by atoms with Crippen LogP contribution in [0.1, 0.15) is 12.5 Å². The van der Waals surface area contributed by atoms with Crippen molar-refractivity contribution in [3.8, 4) is 11.1 Å². The molecule has 0 atom stereocenters. The van der Waals surface area contributed by atoms with Gasteiger partial charge in [-0.1, -0.05) is 6.07 Å². The van der Waals surface area contributed by atoms with Gasteiger partial charge in [-0.15, -0.1) is 0 Å². The van der Waals surface area contributed by atoms with Gasteiger partial charge in [-0.2, -0.15) is 5.10 Å². The summed E-state index contributed by atoms with van der Waals surface area (Å²) in [6, 6.07) is 8.01. The van der Waals surface area contributed by atoms with Gasteiger partial charge in [0.2, 0.25) is 0 Å². The Morgan fingerprint density at radius 1 is 1.30 bits per heavy atom. The van der Waals surface area contributed by atoms with Crippen molar-refractivity contribution in [2.24, 2.45) is 7.05 Å². The maximum Gasteiger partial charge on any atom is 0.330 e. The summed E-state index contributed by atoms with van der Waals surface area (Å²) >= 11 is 0. The van der Waals surface area contributed by atoms with Gasteiger partial charge in [0.25, 0.3) is 0 Å². The van der Waals surface area contributed by atoms with E-state index in [1.54, 1.807) is 25.4 Å². The molecular formula is C18H17N3O2. The van der Waals surface area contributed by atoms with Crippen molar-refractivity contribution < 1.29 is 9.53 Å². The fourth-order valence-electron chi connectivity index (χ4n) is 2.47. The number of carbonyl (C=O) groups is 1. The molecule has 0 spiro atoms. The molecule has 0 amide bonds. The number of esters is 1. The van der Waals surface area contributed by atoms with Crippen LogP contribution in [0.25, 0.3) is 28.1 Å². The summed E-state index contributed by atoms with van der Waals surface area (Å²) in [5, 5.41) is 5.32. The number of fused-ring (bicyclic) bond motifs is 1. The van der Waals surface area contributed by atoms with Crippen molar-refractivity contribution >= 4 is 22.9 Å². The number of pyridine rings is 1. The van der Waals surface area contributed by atoms with Crippen LogP contribution in [-0.4, -0.2) is 27.3 Å². The second-order valence-corrected chi connectivity index (χ2v) is 5.09. The molecule has 3 rings (SSSR count). The van der Waals surface area contributed by atoms with E-state index < -0.39 is 0 Å². The molecule has 0 bridgehead atoms. The standard InChI is InChI=1S/C18H17N3O2/c1-3-23-18(22)7-5-13-8-9-19-12-16(13)14-4-6-17-15(10-14)11-20-21(17)2/h4-12H,3H2,1-2H3/b7-5+. The Balaban J connectivity index is 1.99. The number of hydrogen-bond donors (Lipinski definition) is 0. The lowest BCUT2D eigenvalue weighted by atomic mass is 10.0. The van der Waals surface area contributed by atoms with Crippen molar-refractivity contribution in [2.45, 2.75) is 6.92 Å². The molecule has 2 aromatic heterocycles. The molecule has 0 aliphatic rings. The maximum atomic E-state index is 11.5. The van der Waals surface area contributed by atoms with Gasteiger partial charge in [0.15, 0.2) is 0 Å². The van der Waals surface area contributed by atoms with Crippen molar-refractivity contribution in [2.75, 3.05) is 6.61 Å². The minimum atomic E-state index is -0.349. The number of ether oxygens (including phenoxy) is 1. The molecule has 5 nitrogen and oxygen atoms in total. The summed E-state index contributed by atoms with van der Waals surface area (Å²) in [6.07, 6.45) is 8.52. The van der Waals surface area contributed by atoms with Crippen LogP contribution in [-0.2, 0) is 16.6 Å². The van der Waals surface area contributed by atoms with Crippen LogP contribution < -0.4 is 0 Å². The second-order valence-electron chi connectivity index (χ2n) is 5.09. The molecule has 0 aliphatic heterocycles. The Bertz CT molecular complexity index is 881. The number of nitrogens with zero attached hydrogens (tertiary/aromatic N) is 3. The molecule has 1 aromatic carbocycles. The van der Waals surface area contributed by atoms with Crippen molar-refractivity contribution in [1.82, 2.24) is 14.8 Å². The monoisotopic (exact) mass is 307 g/mol. The Morgan fingerprint density at radius 2 is 2.17 bits per heavy atom. The van der Waals surface area contributed by atoms with Gasteiger partial charge in [0.1, 0.15) is 0 Å². The Morgan fingerprint density at radius 3 is 3.00 bits per heavy atom. The van der Waals surface area contributed by atoms with Crippen LogP contribution in [0.2, 0.25) is 0 Å². The summed E-state index contributed by atoms with van der Waals surface area (Å²) in [7, 11) is 1.92. The van der Waals surface area contributed by atoms with Gasteiger partial charge in [0.05, 0.1) is 18.3 Å². The molecule has 23 heavy (non-hydrogen) atoms. The summed E-state index contributed by atoms with van der Waals surface area (Å²) in [6.45, 7) is 2.15. The largest absolute Gasteiger partial charge is 0.463 e. The third-order valence-electron chi connectivity index (χ3n) is 3.60. The van der Waals surface area contributed by atoms with Crippen LogP contribution >= 0.6 is 0 Å². The lowest BCUT2D eigenvalue weighted by molar-refractivity contribution is -0.137. The first kappa shape index (κ1) is 15.0. The van der Waals surface area contributed by atoms with Gasteiger partial charge in [-0.3, -0.25) is 9.67 Å². The number of rotatable bonds is 4. The molecular weight excluding hydrogens is 290 g/mol. The second kappa shape index (κ2) is 6.44. The number of aryl methyl sites for hydroxylation is 1. The SMILES string of the molecule is CCOC(=O)/C=C/c1ccncc1-c1ccc2c(cnn2C)c1. The molecule has 0 fully saturated rings. The fourth-order valence-corrected chi connectivity index (χ4v) is 2.47. The van der Waals surface area contributed by atoms with Gasteiger partial charge < -0.3 is 4.74 Å². The smallest absolute Gasteiger partial charge is 0.330 e. The predicted molar refractivity (Wildman–Crippen MR) is 89.6 cm³/mol. The van der Waals surface area contributed by atoms with Gasteiger partial charge in [-0.05, 0) is 42.3 Å². The van der Waals surface area contributed by atoms with E-state index in [4.69, 9.17) is 4.74 Å². The van der Waals surface area contributed by atoms with E-state index >= 15 is 0 Å². The molecule has 0 radical (unpaired) electrons. The number of carbonyl (C=O) groups excluding carboxylic acids is 1. The predicted octanol–water partition coefficient (Wildman–Crippen LogP) is 3.21. The van der Waals surface area contributed by atoms with E-state index in [1.807, 2.05) is 36.1 Å². The first-order valence-electron chi connectivity index (χ1n) is 7.40. The Labute approximate surface area is 134 Å². The highest BCUT2D eigenvalue weighted by Crippen LogP contribution is 2.27. The first-order chi connectivity index (χ1) is 11.2.